The maximum absolute atomic E-state index is 4.31. The maximum atomic E-state index is 4.31. The zero-order chi connectivity index (χ0) is 13.0. The van der Waals surface area contributed by atoms with Gasteiger partial charge in [0.05, 0.1) is 0 Å². The van der Waals surface area contributed by atoms with Crippen molar-refractivity contribution in [2.45, 2.75) is 20.3 Å². The molecule has 0 amide bonds. The molecule has 18 heavy (non-hydrogen) atoms. The highest BCUT2D eigenvalue weighted by Gasteiger charge is 2.08. The topological polar surface area (TPSA) is 49.8 Å². The summed E-state index contributed by atoms with van der Waals surface area (Å²) in [6.45, 7) is 4.17. The largest absolute Gasteiger partial charge is 0.373 e. The van der Waals surface area contributed by atoms with E-state index in [0.717, 1.165) is 29.3 Å². The molecular weight excluding hydrogens is 224 g/mol. The Labute approximate surface area is 107 Å². The van der Waals surface area contributed by atoms with Crippen molar-refractivity contribution in [2.75, 3.05) is 17.7 Å². The van der Waals surface area contributed by atoms with Crippen LogP contribution in [0.4, 0.5) is 17.3 Å². The van der Waals surface area contributed by atoms with Gasteiger partial charge in [0, 0.05) is 18.3 Å². The van der Waals surface area contributed by atoms with Gasteiger partial charge >= 0.3 is 0 Å². The Hall–Kier alpha value is -2.10. The van der Waals surface area contributed by atoms with Gasteiger partial charge in [-0.3, -0.25) is 0 Å². The molecule has 4 nitrogen and oxygen atoms in total. The van der Waals surface area contributed by atoms with Gasteiger partial charge in [-0.25, -0.2) is 9.97 Å². The van der Waals surface area contributed by atoms with E-state index in [1.165, 1.54) is 5.56 Å². The lowest BCUT2D eigenvalue weighted by Gasteiger charge is -2.12. The molecule has 94 valence electrons. The summed E-state index contributed by atoms with van der Waals surface area (Å²) in [5.74, 6) is 1.74. The monoisotopic (exact) mass is 242 g/mol. The van der Waals surface area contributed by atoms with Crippen molar-refractivity contribution in [1.82, 2.24) is 9.97 Å². The lowest BCUT2D eigenvalue weighted by Crippen LogP contribution is -2.04. The second-order valence-electron chi connectivity index (χ2n) is 4.14. The third kappa shape index (κ3) is 2.59. The molecule has 0 radical (unpaired) electrons. The van der Waals surface area contributed by atoms with Gasteiger partial charge in [-0.15, -0.1) is 0 Å². The van der Waals surface area contributed by atoms with Crippen LogP contribution in [0.3, 0.4) is 0 Å². The first-order valence-electron chi connectivity index (χ1n) is 6.10. The van der Waals surface area contributed by atoms with Crippen LogP contribution < -0.4 is 10.6 Å². The van der Waals surface area contributed by atoms with E-state index < -0.39 is 0 Å². The predicted molar refractivity (Wildman–Crippen MR) is 75.4 cm³/mol. The number of aromatic nitrogens is 2. The normalized spacial score (nSPS) is 10.2. The molecule has 2 N–H and O–H groups in total. The predicted octanol–water partition coefficient (Wildman–Crippen LogP) is 3.13. The van der Waals surface area contributed by atoms with Gasteiger partial charge in [0.2, 0.25) is 0 Å². The standard InChI is InChI=1S/C14H18N4/c1-4-12-13(15-3)16-9-17-14(12)18-11-7-5-10(2)6-8-11/h5-9H,4H2,1-3H3,(H2,15,16,17,18). The number of hydrogen-bond donors (Lipinski definition) is 2. The molecule has 0 unspecified atom stereocenters. The van der Waals surface area contributed by atoms with E-state index in [4.69, 9.17) is 0 Å². The maximum Gasteiger partial charge on any atom is 0.139 e. The van der Waals surface area contributed by atoms with Crippen LogP contribution in [0, 0.1) is 6.92 Å². The quantitative estimate of drug-likeness (QED) is 0.864. The third-order valence-corrected chi connectivity index (χ3v) is 2.85. The highest BCUT2D eigenvalue weighted by molar-refractivity contribution is 5.64. The van der Waals surface area contributed by atoms with Gasteiger partial charge in [0.25, 0.3) is 0 Å². The minimum Gasteiger partial charge on any atom is -0.373 e. The van der Waals surface area contributed by atoms with E-state index >= 15 is 0 Å². The van der Waals surface area contributed by atoms with Crippen molar-refractivity contribution >= 4 is 17.3 Å². The van der Waals surface area contributed by atoms with E-state index in [9.17, 15) is 0 Å². The van der Waals surface area contributed by atoms with Gasteiger partial charge in [-0.05, 0) is 25.5 Å². The Kier molecular flexibility index (Phi) is 3.77. The molecule has 0 fully saturated rings. The summed E-state index contributed by atoms with van der Waals surface area (Å²) in [7, 11) is 1.87. The number of benzene rings is 1. The van der Waals surface area contributed by atoms with Crippen molar-refractivity contribution in [1.29, 1.82) is 0 Å². The third-order valence-electron chi connectivity index (χ3n) is 2.85. The van der Waals surface area contributed by atoms with Crippen molar-refractivity contribution in [3.05, 3.63) is 41.7 Å². The van der Waals surface area contributed by atoms with Gasteiger partial charge in [-0.2, -0.15) is 0 Å². The Morgan fingerprint density at radius 1 is 1.06 bits per heavy atom. The van der Waals surface area contributed by atoms with Gasteiger partial charge in [-0.1, -0.05) is 24.6 Å². The van der Waals surface area contributed by atoms with Crippen LogP contribution in [0.15, 0.2) is 30.6 Å². The first-order valence-corrected chi connectivity index (χ1v) is 6.10. The molecule has 4 heteroatoms. The van der Waals surface area contributed by atoms with Gasteiger partial charge in [0.15, 0.2) is 0 Å². The average Bonchev–Trinajstić information content (AvgIpc) is 2.41. The highest BCUT2D eigenvalue weighted by atomic mass is 15.1. The first-order chi connectivity index (χ1) is 8.74. The summed E-state index contributed by atoms with van der Waals surface area (Å²) in [6, 6.07) is 8.26. The molecule has 1 aromatic carbocycles. The zero-order valence-corrected chi connectivity index (χ0v) is 11.0. The summed E-state index contributed by atoms with van der Waals surface area (Å²) >= 11 is 0. The molecule has 2 aromatic rings. The molecule has 2 rings (SSSR count). The molecule has 0 bridgehead atoms. The number of nitrogens with zero attached hydrogens (tertiary/aromatic N) is 2. The number of rotatable bonds is 4. The van der Waals surface area contributed by atoms with Crippen LogP contribution in [0.5, 0.6) is 0 Å². The Morgan fingerprint density at radius 2 is 1.72 bits per heavy atom. The van der Waals surface area contributed by atoms with E-state index in [2.05, 4.69) is 58.7 Å². The van der Waals surface area contributed by atoms with Crippen LogP contribution in [0.1, 0.15) is 18.1 Å². The van der Waals surface area contributed by atoms with E-state index in [-0.39, 0.29) is 0 Å². The molecule has 1 aromatic heterocycles. The van der Waals surface area contributed by atoms with Crippen molar-refractivity contribution < 1.29 is 0 Å². The first kappa shape index (κ1) is 12.4. The van der Waals surface area contributed by atoms with Crippen LogP contribution in [0.2, 0.25) is 0 Å². The summed E-state index contributed by atoms with van der Waals surface area (Å²) in [6.07, 6.45) is 2.45. The van der Waals surface area contributed by atoms with Crippen LogP contribution in [0.25, 0.3) is 0 Å². The zero-order valence-electron chi connectivity index (χ0n) is 11.0. The van der Waals surface area contributed by atoms with Crippen LogP contribution in [-0.4, -0.2) is 17.0 Å². The second-order valence-corrected chi connectivity index (χ2v) is 4.14. The molecule has 0 spiro atoms. The Balaban J connectivity index is 2.31. The molecule has 0 atom stereocenters. The molecule has 1 heterocycles. The van der Waals surface area contributed by atoms with Gasteiger partial charge in [0.1, 0.15) is 18.0 Å². The molecule has 0 aliphatic rings. The second kappa shape index (κ2) is 5.49. The number of aryl methyl sites for hydroxylation is 1. The fraction of sp³-hybridized carbons (Fsp3) is 0.286. The van der Waals surface area contributed by atoms with Crippen LogP contribution in [-0.2, 0) is 6.42 Å². The van der Waals surface area contributed by atoms with E-state index in [1.807, 2.05) is 7.05 Å². The number of nitrogens with one attached hydrogen (secondary N) is 2. The van der Waals surface area contributed by atoms with Crippen molar-refractivity contribution in [2.24, 2.45) is 0 Å². The minimum atomic E-state index is 0.862. The smallest absolute Gasteiger partial charge is 0.139 e. The summed E-state index contributed by atoms with van der Waals surface area (Å²) in [5.41, 5.74) is 3.38. The van der Waals surface area contributed by atoms with Gasteiger partial charge < -0.3 is 10.6 Å². The Bertz CT molecular complexity index is 520. The summed E-state index contributed by atoms with van der Waals surface area (Å²) in [5, 5.41) is 6.42. The van der Waals surface area contributed by atoms with Crippen molar-refractivity contribution in [3.63, 3.8) is 0 Å². The van der Waals surface area contributed by atoms with Crippen molar-refractivity contribution in [3.8, 4) is 0 Å². The Morgan fingerprint density at radius 3 is 2.33 bits per heavy atom. The molecule has 0 saturated carbocycles. The SMILES string of the molecule is CCc1c(NC)ncnc1Nc1ccc(C)cc1. The molecular formula is C14H18N4. The van der Waals surface area contributed by atoms with E-state index in [1.54, 1.807) is 6.33 Å². The minimum absolute atomic E-state index is 0.862. The number of anilines is 3. The molecule has 0 aliphatic carbocycles. The van der Waals surface area contributed by atoms with Crippen LogP contribution >= 0.6 is 0 Å². The average molecular weight is 242 g/mol. The summed E-state index contributed by atoms with van der Waals surface area (Å²) < 4.78 is 0. The highest BCUT2D eigenvalue weighted by Crippen LogP contribution is 2.23. The number of hydrogen-bond acceptors (Lipinski definition) is 4. The molecule has 0 saturated heterocycles. The summed E-state index contributed by atoms with van der Waals surface area (Å²) in [4.78, 5) is 8.54. The lowest BCUT2D eigenvalue weighted by atomic mass is 10.2. The fourth-order valence-electron chi connectivity index (χ4n) is 1.84. The van der Waals surface area contributed by atoms with E-state index in [0.29, 0.717) is 0 Å². The molecule has 0 aliphatic heterocycles. The fourth-order valence-corrected chi connectivity index (χ4v) is 1.84. The lowest BCUT2D eigenvalue weighted by molar-refractivity contribution is 1.05.